The number of hydrogen-bond donors (Lipinski definition) is 1. The molecule has 2 rings (SSSR count). The maximum atomic E-state index is 12.7. The van der Waals surface area contributed by atoms with E-state index in [1.54, 1.807) is 25.1 Å². The zero-order valence-electron chi connectivity index (χ0n) is 10.4. The molecule has 2 aromatic rings. The van der Waals surface area contributed by atoms with E-state index in [4.69, 9.17) is 4.52 Å². The molecule has 0 atom stereocenters. The van der Waals surface area contributed by atoms with Crippen molar-refractivity contribution in [3.8, 4) is 0 Å². The lowest BCUT2D eigenvalue weighted by molar-refractivity contribution is -0.113. The minimum Gasteiger partial charge on any atom is -0.360 e. The summed E-state index contributed by atoms with van der Waals surface area (Å²) in [4.78, 5) is 11.6. The number of thioether (sulfide) groups is 1. The lowest BCUT2D eigenvalue weighted by Gasteiger charge is -2.02. The van der Waals surface area contributed by atoms with E-state index in [2.05, 4.69) is 10.5 Å². The van der Waals surface area contributed by atoms with Crippen molar-refractivity contribution in [3.05, 3.63) is 47.5 Å². The molecule has 4 nitrogen and oxygen atoms in total. The maximum absolute atomic E-state index is 12.7. The first-order valence-corrected chi connectivity index (χ1v) is 6.84. The van der Waals surface area contributed by atoms with Crippen LogP contribution in [0.25, 0.3) is 0 Å². The number of halogens is 1. The molecule has 0 saturated heterocycles. The highest BCUT2D eigenvalue weighted by molar-refractivity contribution is 7.99. The van der Waals surface area contributed by atoms with E-state index in [9.17, 15) is 9.18 Å². The summed E-state index contributed by atoms with van der Waals surface area (Å²) in [6, 6.07) is 7.90. The summed E-state index contributed by atoms with van der Waals surface area (Å²) in [5.41, 5.74) is 0.983. The fraction of sp³-hybridized carbons (Fsp3) is 0.231. The molecule has 6 heteroatoms. The number of benzene rings is 1. The highest BCUT2D eigenvalue weighted by atomic mass is 32.2. The van der Waals surface area contributed by atoms with Crippen molar-refractivity contribution in [2.45, 2.75) is 12.7 Å². The van der Waals surface area contributed by atoms with Gasteiger partial charge in [0.25, 0.3) is 0 Å². The summed E-state index contributed by atoms with van der Waals surface area (Å²) in [5, 5.41) is 6.31. The first-order valence-electron chi connectivity index (χ1n) is 5.69. The van der Waals surface area contributed by atoms with Crippen molar-refractivity contribution >= 4 is 23.5 Å². The SMILES string of the molecule is Cc1cc(NC(=O)CSCc2ccc(F)cc2)no1. The smallest absolute Gasteiger partial charge is 0.235 e. The molecule has 0 unspecified atom stereocenters. The van der Waals surface area contributed by atoms with E-state index < -0.39 is 0 Å². The zero-order valence-corrected chi connectivity index (χ0v) is 11.2. The highest BCUT2D eigenvalue weighted by Gasteiger charge is 2.06. The van der Waals surface area contributed by atoms with Gasteiger partial charge in [-0.1, -0.05) is 17.3 Å². The van der Waals surface area contributed by atoms with Crippen molar-refractivity contribution in [1.82, 2.24) is 5.16 Å². The van der Waals surface area contributed by atoms with Gasteiger partial charge in [0.15, 0.2) is 5.82 Å². The van der Waals surface area contributed by atoms with Gasteiger partial charge in [-0.05, 0) is 24.6 Å². The van der Waals surface area contributed by atoms with E-state index >= 15 is 0 Å². The van der Waals surface area contributed by atoms with Crippen LogP contribution in [-0.4, -0.2) is 16.8 Å². The van der Waals surface area contributed by atoms with Gasteiger partial charge in [0, 0.05) is 11.8 Å². The molecule has 1 aromatic heterocycles. The molecule has 0 spiro atoms. The van der Waals surface area contributed by atoms with Crippen LogP contribution in [0, 0.1) is 12.7 Å². The Hall–Kier alpha value is -1.82. The number of carbonyl (C=O) groups excluding carboxylic acids is 1. The fourth-order valence-corrected chi connectivity index (χ4v) is 2.23. The number of hydrogen-bond acceptors (Lipinski definition) is 4. The third-order valence-electron chi connectivity index (χ3n) is 2.31. The molecule has 100 valence electrons. The lowest BCUT2D eigenvalue weighted by Crippen LogP contribution is -2.14. The third kappa shape index (κ3) is 4.40. The Balaban J connectivity index is 1.73. The molecular formula is C13H13FN2O2S. The topological polar surface area (TPSA) is 55.1 Å². The van der Waals surface area contributed by atoms with Crippen LogP contribution in [-0.2, 0) is 10.5 Å². The van der Waals surface area contributed by atoms with E-state index in [0.29, 0.717) is 23.1 Å². The summed E-state index contributed by atoms with van der Waals surface area (Å²) in [6.07, 6.45) is 0. The lowest BCUT2D eigenvalue weighted by atomic mass is 10.2. The summed E-state index contributed by atoms with van der Waals surface area (Å²) >= 11 is 1.45. The van der Waals surface area contributed by atoms with Crippen LogP contribution in [0.2, 0.25) is 0 Å². The Bertz CT molecular complexity index is 554. The monoisotopic (exact) mass is 280 g/mol. The average Bonchev–Trinajstić information content (AvgIpc) is 2.77. The first-order chi connectivity index (χ1) is 9.13. The van der Waals surface area contributed by atoms with E-state index in [-0.39, 0.29) is 11.7 Å². The van der Waals surface area contributed by atoms with Crippen LogP contribution < -0.4 is 5.32 Å². The van der Waals surface area contributed by atoms with Crippen molar-refractivity contribution in [2.75, 3.05) is 11.1 Å². The van der Waals surface area contributed by atoms with Crippen molar-refractivity contribution in [3.63, 3.8) is 0 Å². The summed E-state index contributed by atoms with van der Waals surface area (Å²) in [5.74, 6) is 1.64. The molecule has 1 heterocycles. The quantitative estimate of drug-likeness (QED) is 0.914. The number of carbonyl (C=O) groups is 1. The molecule has 0 radical (unpaired) electrons. The number of rotatable bonds is 5. The molecule has 19 heavy (non-hydrogen) atoms. The molecular weight excluding hydrogens is 267 g/mol. The normalized spacial score (nSPS) is 10.4. The van der Waals surface area contributed by atoms with Crippen LogP contribution in [0.5, 0.6) is 0 Å². The van der Waals surface area contributed by atoms with Gasteiger partial charge in [-0.15, -0.1) is 11.8 Å². The highest BCUT2D eigenvalue weighted by Crippen LogP contribution is 2.13. The molecule has 1 aromatic carbocycles. The Morgan fingerprint density at radius 1 is 1.42 bits per heavy atom. The van der Waals surface area contributed by atoms with E-state index in [1.165, 1.54) is 23.9 Å². The molecule has 1 N–H and O–H groups in total. The largest absolute Gasteiger partial charge is 0.360 e. The summed E-state index contributed by atoms with van der Waals surface area (Å²) in [6.45, 7) is 1.76. The third-order valence-corrected chi connectivity index (χ3v) is 3.31. The maximum Gasteiger partial charge on any atom is 0.235 e. The molecule has 0 fully saturated rings. The van der Waals surface area contributed by atoms with Gasteiger partial charge in [-0.2, -0.15) is 0 Å². The number of nitrogens with zero attached hydrogens (tertiary/aromatic N) is 1. The second-order valence-corrected chi connectivity index (χ2v) is 4.98. The Kier molecular flexibility index (Phi) is 4.57. The Morgan fingerprint density at radius 2 is 2.16 bits per heavy atom. The predicted octanol–water partition coefficient (Wildman–Crippen LogP) is 2.99. The van der Waals surface area contributed by atoms with Gasteiger partial charge in [-0.3, -0.25) is 4.79 Å². The van der Waals surface area contributed by atoms with Crippen LogP contribution in [0.15, 0.2) is 34.9 Å². The Labute approximate surface area is 114 Å². The minimum atomic E-state index is -0.257. The number of aromatic nitrogens is 1. The van der Waals surface area contributed by atoms with Gasteiger partial charge >= 0.3 is 0 Å². The van der Waals surface area contributed by atoms with Gasteiger partial charge in [0.1, 0.15) is 11.6 Å². The molecule has 0 bridgehead atoms. The second kappa shape index (κ2) is 6.38. The number of anilines is 1. The Morgan fingerprint density at radius 3 is 2.79 bits per heavy atom. The van der Waals surface area contributed by atoms with Crippen LogP contribution in [0.1, 0.15) is 11.3 Å². The first kappa shape index (κ1) is 13.6. The van der Waals surface area contributed by atoms with Crippen molar-refractivity contribution in [1.29, 1.82) is 0 Å². The van der Waals surface area contributed by atoms with Crippen LogP contribution in [0.4, 0.5) is 10.2 Å². The fourth-order valence-electron chi connectivity index (χ4n) is 1.45. The van der Waals surface area contributed by atoms with Gasteiger partial charge < -0.3 is 9.84 Å². The van der Waals surface area contributed by atoms with E-state index in [0.717, 1.165) is 5.56 Å². The summed E-state index contributed by atoms with van der Waals surface area (Å²) in [7, 11) is 0. The van der Waals surface area contributed by atoms with Crippen molar-refractivity contribution < 1.29 is 13.7 Å². The number of nitrogens with one attached hydrogen (secondary N) is 1. The number of amides is 1. The number of aryl methyl sites for hydroxylation is 1. The second-order valence-electron chi connectivity index (χ2n) is 3.99. The van der Waals surface area contributed by atoms with Gasteiger partial charge in [-0.25, -0.2) is 4.39 Å². The summed E-state index contributed by atoms with van der Waals surface area (Å²) < 4.78 is 17.5. The average molecular weight is 280 g/mol. The zero-order chi connectivity index (χ0) is 13.7. The van der Waals surface area contributed by atoms with Crippen molar-refractivity contribution in [2.24, 2.45) is 0 Å². The standard InChI is InChI=1S/C13H13FN2O2S/c1-9-6-12(16-18-9)15-13(17)8-19-7-10-2-4-11(14)5-3-10/h2-6H,7-8H2,1H3,(H,15,16,17). The molecule has 1 amide bonds. The molecule has 0 aliphatic heterocycles. The van der Waals surface area contributed by atoms with Crippen LogP contribution >= 0.6 is 11.8 Å². The van der Waals surface area contributed by atoms with Gasteiger partial charge in [0.05, 0.1) is 5.75 Å². The van der Waals surface area contributed by atoms with Gasteiger partial charge in [0.2, 0.25) is 5.91 Å². The molecule has 0 aliphatic carbocycles. The predicted molar refractivity (Wildman–Crippen MR) is 72.4 cm³/mol. The van der Waals surface area contributed by atoms with Crippen LogP contribution in [0.3, 0.4) is 0 Å². The van der Waals surface area contributed by atoms with E-state index in [1.807, 2.05) is 0 Å². The minimum absolute atomic E-state index is 0.139. The molecule has 0 aliphatic rings. The molecule has 0 saturated carbocycles.